The Morgan fingerprint density at radius 1 is 1.52 bits per heavy atom. The van der Waals surface area contributed by atoms with Crippen LogP contribution in [0, 0.1) is 0 Å². The van der Waals surface area contributed by atoms with E-state index in [1.165, 1.54) is 11.3 Å². The molecule has 8 nitrogen and oxygen atoms in total. The minimum Gasteiger partial charge on any atom is -0.480 e. The third kappa shape index (κ3) is 4.77. The fraction of sp³-hybridized carbons (Fsp3) is 0.357. The van der Waals surface area contributed by atoms with Crippen molar-refractivity contribution < 1.29 is 24.2 Å². The van der Waals surface area contributed by atoms with Crippen LogP contribution in [0.2, 0.25) is 0 Å². The molecule has 11 heteroatoms. The summed E-state index contributed by atoms with van der Waals surface area (Å²) in [6, 6.07) is 0. The van der Waals surface area contributed by atoms with Crippen molar-refractivity contribution >= 4 is 62.6 Å². The summed E-state index contributed by atoms with van der Waals surface area (Å²) in [6.45, 7) is 1.13. The minimum absolute atomic E-state index is 0.0377. The summed E-state index contributed by atoms with van der Waals surface area (Å²) in [6.07, 6.45) is 0.439. The van der Waals surface area contributed by atoms with E-state index in [-0.39, 0.29) is 9.23 Å². The van der Waals surface area contributed by atoms with Crippen LogP contribution in [0.25, 0.3) is 0 Å². The third-order valence-corrected chi connectivity index (χ3v) is 5.42. The van der Waals surface area contributed by atoms with Crippen LogP contribution in [-0.4, -0.2) is 57.8 Å². The van der Waals surface area contributed by atoms with E-state index in [2.05, 4.69) is 4.98 Å². The van der Waals surface area contributed by atoms with Crippen molar-refractivity contribution in [1.29, 1.82) is 0 Å². The van der Waals surface area contributed by atoms with E-state index in [4.69, 9.17) is 22.1 Å². The molecule has 0 spiro atoms. The molecule has 1 saturated heterocycles. The summed E-state index contributed by atoms with van der Waals surface area (Å²) < 4.78 is 5.35. The van der Waals surface area contributed by atoms with Crippen molar-refractivity contribution in [2.75, 3.05) is 25.5 Å². The maximum Gasteiger partial charge on any atom is 0.332 e. The smallest absolute Gasteiger partial charge is 0.332 e. The number of thioether (sulfide) groups is 1. The van der Waals surface area contributed by atoms with Crippen molar-refractivity contribution in [2.45, 2.75) is 13.0 Å². The van der Waals surface area contributed by atoms with Crippen LogP contribution in [0.5, 0.6) is 0 Å². The number of ether oxygens (including phenoxy) is 1. The number of aromatic nitrogens is 1. The predicted octanol–water partition coefficient (Wildman–Crippen LogP) is 1.64. The Morgan fingerprint density at radius 3 is 2.76 bits per heavy atom. The standard InChI is InChI=1S/C14H15N3O5S3/c1-7(8-6-24-13(15-8)16(2)3)22-11(20)4-9-12(21)17(5-10(18)19)14(23)25-9/h4,6-7H,5H2,1-3H3,(H,18,19)/b9-4+. The van der Waals surface area contributed by atoms with Gasteiger partial charge < -0.3 is 14.7 Å². The van der Waals surface area contributed by atoms with Gasteiger partial charge in [0.05, 0.1) is 10.6 Å². The molecule has 1 aromatic heterocycles. The fourth-order valence-electron chi connectivity index (χ4n) is 1.82. The predicted molar refractivity (Wildman–Crippen MR) is 98.6 cm³/mol. The van der Waals surface area contributed by atoms with Gasteiger partial charge in [0.25, 0.3) is 5.91 Å². The van der Waals surface area contributed by atoms with Crippen molar-refractivity contribution in [1.82, 2.24) is 9.88 Å². The molecule has 1 N–H and O–H groups in total. The number of nitrogens with zero attached hydrogens (tertiary/aromatic N) is 3. The number of hydrogen-bond donors (Lipinski definition) is 1. The molecule has 134 valence electrons. The zero-order chi connectivity index (χ0) is 18.7. The fourth-order valence-corrected chi connectivity index (χ4v) is 3.87. The summed E-state index contributed by atoms with van der Waals surface area (Å²) in [5, 5.41) is 11.4. The Balaban J connectivity index is 2.03. The highest BCUT2D eigenvalue weighted by Gasteiger charge is 2.34. The second-order valence-electron chi connectivity index (χ2n) is 5.19. The van der Waals surface area contributed by atoms with Gasteiger partial charge in [-0.15, -0.1) is 11.3 Å². The molecule has 1 unspecified atom stereocenters. The maximum absolute atomic E-state index is 12.1. The zero-order valence-electron chi connectivity index (χ0n) is 13.6. The van der Waals surface area contributed by atoms with E-state index in [0.717, 1.165) is 27.9 Å². The number of anilines is 1. The lowest BCUT2D eigenvalue weighted by molar-refractivity contribution is -0.143. The number of thiocarbonyl (C=S) groups is 1. The number of carbonyl (C=O) groups is 3. The van der Waals surface area contributed by atoms with Crippen molar-refractivity contribution in [3.05, 3.63) is 22.1 Å². The van der Waals surface area contributed by atoms with Gasteiger partial charge in [-0.2, -0.15) is 0 Å². The lowest BCUT2D eigenvalue weighted by Gasteiger charge is -2.11. The van der Waals surface area contributed by atoms with E-state index >= 15 is 0 Å². The summed E-state index contributed by atoms with van der Waals surface area (Å²) >= 11 is 7.25. The molecule has 1 aliphatic heterocycles. The van der Waals surface area contributed by atoms with Gasteiger partial charge in [0.2, 0.25) is 0 Å². The lowest BCUT2D eigenvalue weighted by atomic mass is 10.3. The Labute approximate surface area is 157 Å². The van der Waals surface area contributed by atoms with Gasteiger partial charge in [0.15, 0.2) is 5.13 Å². The van der Waals surface area contributed by atoms with E-state index < -0.39 is 30.5 Å². The molecule has 2 rings (SSSR count). The van der Waals surface area contributed by atoms with E-state index in [1.807, 2.05) is 19.0 Å². The molecule has 25 heavy (non-hydrogen) atoms. The monoisotopic (exact) mass is 401 g/mol. The molecule has 0 bridgehead atoms. The summed E-state index contributed by atoms with van der Waals surface area (Å²) in [5.41, 5.74) is 0.605. The number of carboxylic acids is 1. The molecule has 0 aromatic carbocycles. The normalized spacial score (nSPS) is 17.1. The van der Waals surface area contributed by atoms with Crippen LogP contribution >= 0.6 is 35.3 Å². The van der Waals surface area contributed by atoms with Gasteiger partial charge in [0.1, 0.15) is 17.0 Å². The number of hydrogen-bond acceptors (Lipinski definition) is 9. The third-order valence-electron chi connectivity index (χ3n) is 3.02. The highest BCUT2D eigenvalue weighted by Crippen LogP contribution is 2.31. The number of rotatable bonds is 6. The second-order valence-corrected chi connectivity index (χ2v) is 7.70. The molecule has 0 aliphatic carbocycles. The van der Waals surface area contributed by atoms with Crippen LogP contribution in [0.15, 0.2) is 16.4 Å². The Bertz CT molecular complexity index is 759. The average molecular weight is 401 g/mol. The lowest BCUT2D eigenvalue weighted by Crippen LogP contribution is -2.33. The van der Waals surface area contributed by atoms with Crippen LogP contribution in [0.4, 0.5) is 5.13 Å². The molecular formula is C14H15N3O5S3. The Kier molecular flexibility index (Phi) is 6.14. The molecule has 0 radical (unpaired) electrons. The number of amides is 1. The molecule has 1 atom stereocenters. The van der Waals surface area contributed by atoms with Crippen molar-refractivity contribution in [3.8, 4) is 0 Å². The van der Waals surface area contributed by atoms with Crippen LogP contribution in [0.1, 0.15) is 18.7 Å². The minimum atomic E-state index is -1.19. The van der Waals surface area contributed by atoms with Gasteiger partial charge in [-0.1, -0.05) is 24.0 Å². The average Bonchev–Trinajstić information content (AvgIpc) is 3.09. The summed E-state index contributed by atoms with van der Waals surface area (Å²) in [5.74, 6) is -2.53. The highest BCUT2D eigenvalue weighted by atomic mass is 32.2. The van der Waals surface area contributed by atoms with Crippen molar-refractivity contribution in [3.63, 3.8) is 0 Å². The number of thiazole rings is 1. The van der Waals surface area contributed by atoms with Crippen LogP contribution in [-0.2, 0) is 19.1 Å². The summed E-state index contributed by atoms with van der Waals surface area (Å²) in [4.78, 5) is 42.0. The molecule has 1 aliphatic rings. The van der Waals surface area contributed by atoms with Gasteiger partial charge >= 0.3 is 11.9 Å². The molecule has 1 fully saturated rings. The van der Waals surface area contributed by atoms with E-state index in [1.54, 1.807) is 12.3 Å². The van der Waals surface area contributed by atoms with E-state index in [0.29, 0.717) is 5.69 Å². The first-order valence-electron chi connectivity index (χ1n) is 6.99. The van der Waals surface area contributed by atoms with Gasteiger partial charge in [-0.25, -0.2) is 9.78 Å². The van der Waals surface area contributed by atoms with Gasteiger partial charge in [-0.3, -0.25) is 14.5 Å². The van der Waals surface area contributed by atoms with Crippen LogP contribution < -0.4 is 4.90 Å². The quantitative estimate of drug-likeness (QED) is 0.433. The number of carbonyl (C=O) groups excluding carboxylic acids is 2. The number of aliphatic carboxylic acids is 1. The molecular weight excluding hydrogens is 386 g/mol. The second kappa shape index (κ2) is 7.93. The van der Waals surface area contributed by atoms with Gasteiger partial charge in [0, 0.05) is 25.6 Å². The maximum atomic E-state index is 12.1. The van der Waals surface area contributed by atoms with Gasteiger partial charge in [-0.05, 0) is 6.92 Å². The topological polar surface area (TPSA) is 100 Å². The number of carboxylic acid groups (broad SMARTS) is 1. The first-order valence-corrected chi connectivity index (χ1v) is 9.10. The molecule has 1 aromatic rings. The van der Waals surface area contributed by atoms with Crippen molar-refractivity contribution in [2.24, 2.45) is 0 Å². The molecule has 1 amide bonds. The SMILES string of the molecule is CC(OC(=O)/C=C1/SC(=S)N(CC(=O)O)C1=O)c1csc(N(C)C)n1. The highest BCUT2D eigenvalue weighted by molar-refractivity contribution is 8.26. The Morgan fingerprint density at radius 2 is 2.20 bits per heavy atom. The van der Waals surface area contributed by atoms with Crippen LogP contribution in [0.3, 0.4) is 0 Å². The number of esters is 1. The summed E-state index contributed by atoms with van der Waals surface area (Å²) in [7, 11) is 3.72. The largest absolute Gasteiger partial charge is 0.480 e. The Hall–Kier alpha value is -1.98. The first kappa shape index (κ1) is 19.3. The first-order chi connectivity index (χ1) is 11.7. The molecule has 2 heterocycles. The molecule has 0 saturated carbocycles. The zero-order valence-corrected chi connectivity index (χ0v) is 16.0. The van der Waals surface area contributed by atoms with E-state index in [9.17, 15) is 14.4 Å².